The van der Waals surface area contributed by atoms with E-state index < -0.39 is 35.4 Å². The Kier molecular flexibility index (Phi) is 6.35. The van der Waals surface area contributed by atoms with Gasteiger partial charge in [-0.25, -0.2) is 19.3 Å². The predicted octanol–water partition coefficient (Wildman–Crippen LogP) is 3.28. The fourth-order valence-electron chi connectivity index (χ4n) is 4.30. The lowest BCUT2D eigenvalue weighted by atomic mass is 9.89. The van der Waals surface area contributed by atoms with Gasteiger partial charge in [0.2, 0.25) is 5.95 Å². The van der Waals surface area contributed by atoms with Gasteiger partial charge in [0.25, 0.3) is 0 Å². The highest BCUT2D eigenvalue weighted by Crippen LogP contribution is 2.43. The summed E-state index contributed by atoms with van der Waals surface area (Å²) in [4.78, 5) is 38.7. The van der Waals surface area contributed by atoms with Crippen molar-refractivity contribution >= 4 is 23.6 Å². The molecule has 0 unspecified atom stereocenters. The molecule has 2 N–H and O–H groups in total. The second-order valence-corrected chi connectivity index (χ2v) is 8.07. The van der Waals surface area contributed by atoms with Gasteiger partial charge in [-0.2, -0.15) is 18.4 Å². The van der Waals surface area contributed by atoms with E-state index in [-0.39, 0.29) is 46.0 Å². The van der Waals surface area contributed by atoms with Gasteiger partial charge in [-0.05, 0) is 48.4 Å². The number of nitrogens with zero attached hydrogens (tertiary/aromatic N) is 4. The van der Waals surface area contributed by atoms with Crippen molar-refractivity contribution in [2.45, 2.75) is 25.6 Å². The molecule has 2 aromatic carbocycles. The maximum Gasteiger partial charge on any atom is 0.416 e. The summed E-state index contributed by atoms with van der Waals surface area (Å²) in [6, 6.07) is 8.96. The molecule has 0 amide bonds. The van der Waals surface area contributed by atoms with Crippen molar-refractivity contribution in [2.24, 2.45) is 0 Å². The van der Waals surface area contributed by atoms with Gasteiger partial charge >= 0.3 is 23.8 Å². The number of carbonyl (C=O) groups is 2. The van der Waals surface area contributed by atoms with E-state index in [1.807, 2.05) is 6.07 Å². The number of benzene rings is 2. The molecule has 0 aliphatic carbocycles. The third-order valence-electron chi connectivity index (χ3n) is 5.93. The van der Waals surface area contributed by atoms with E-state index >= 15 is 0 Å². The topological polar surface area (TPSA) is 141 Å². The molecule has 0 bridgehead atoms. The highest BCUT2D eigenvalue weighted by Gasteiger charge is 2.40. The Morgan fingerprint density at radius 2 is 1.97 bits per heavy atom. The highest BCUT2D eigenvalue weighted by molar-refractivity contribution is 5.92. The number of carboxylic acid groups (broad SMARTS) is 1. The largest absolute Gasteiger partial charge is 0.478 e. The molecule has 190 valence electrons. The van der Waals surface area contributed by atoms with Gasteiger partial charge in [-0.3, -0.25) is 9.69 Å². The number of fused-ring (bicyclic) bond motifs is 1. The lowest BCUT2D eigenvalue weighted by Crippen LogP contribution is -2.37. The van der Waals surface area contributed by atoms with Crippen LogP contribution in [-0.4, -0.2) is 38.9 Å². The van der Waals surface area contributed by atoms with Gasteiger partial charge in [-0.1, -0.05) is 12.1 Å². The van der Waals surface area contributed by atoms with E-state index in [0.29, 0.717) is 0 Å². The van der Waals surface area contributed by atoms with Crippen LogP contribution < -0.4 is 10.6 Å². The molecule has 0 fully saturated rings. The van der Waals surface area contributed by atoms with Crippen LogP contribution in [0.2, 0.25) is 0 Å². The van der Waals surface area contributed by atoms with E-state index in [4.69, 9.17) is 4.74 Å². The van der Waals surface area contributed by atoms with Gasteiger partial charge in [0, 0.05) is 11.4 Å². The molecule has 0 saturated heterocycles. The van der Waals surface area contributed by atoms with Crippen LogP contribution in [0.25, 0.3) is 0 Å². The standard InChI is InChI=1S/C24H18F3N5O5/c1-12-19(21(34)35)20(17-7-6-13(11-28)8-14(17)9-18(33)37-2)32-22(29-30-23(32)36)31(12)16-5-3-4-15(10-16)24(25,26)27/h3-8,10,20H,9H2,1-2H3,(H,30,36)(H,34,35)/t20-/m1/s1. The number of aliphatic carboxylic acids is 1. The Labute approximate surface area is 206 Å². The first-order valence-electron chi connectivity index (χ1n) is 10.7. The van der Waals surface area contributed by atoms with Crippen molar-refractivity contribution in [3.8, 4) is 6.07 Å². The van der Waals surface area contributed by atoms with Crippen molar-refractivity contribution in [3.05, 3.63) is 86.5 Å². The molecule has 1 aliphatic heterocycles. The Morgan fingerprint density at radius 3 is 2.59 bits per heavy atom. The number of anilines is 2. The smallest absolute Gasteiger partial charge is 0.416 e. The summed E-state index contributed by atoms with van der Waals surface area (Å²) in [6.07, 6.45) is -5.00. The maximum atomic E-state index is 13.4. The van der Waals surface area contributed by atoms with Crippen LogP contribution in [0.15, 0.2) is 58.5 Å². The van der Waals surface area contributed by atoms with E-state index in [2.05, 4.69) is 10.2 Å². The number of esters is 1. The van der Waals surface area contributed by atoms with Crippen LogP contribution in [0, 0.1) is 11.3 Å². The molecule has 10 nitrogen and oxygen atoms in total. The number of allylic oxidation sites excluding steroid dienone is 1. The van der Waals surface area contributed by atoms with Crippen molar-refractivity contribution < 1.29 is 32.6 Å². The van der Waals surface area contributed by atoms with Crippen LogP contribution in [0.5, 0.6) is 0 Å². The number of hydrogen-bond acceptors (Lipinski definition) is 7. The monoisotopic (exact) mass is 513 g/mol. The average Bonchev–Trinajstić information content (AvgIpc) is 3.23. The number of halogens is 3. The van der Waals surface area contributed by atoms with E-state index in [1.54, 1.807) is 0 Å². The zero-order valence-corrected chi connectivity index (χ0v) is 19.3. The minimum Gasteiger partial charge on any atom is -0.478 e. The van der Waals surface area contributed by atoms with Crippen molar-refractivity contribution in [1.29, 1.82) is 5.26 Å². The third-order valence-corrected chi connectivity index (χ3v) is 5.93. The third kappa shape index (κ3) is 4.44. The first-order chi connectivity index (χ1) is 17.5. The van der Waals surface area contributed by atoms with Gasteiger partial charge in [-0.15, -0.1) is 5.10 Å². The number of carboxylic acids is 1. The second kappa shape index (κ2) is 9.30. The fourth-order valence-corrected chi connectivity index (χ4v) is 4.30. The minimum atomic E-state index is -4.67. The quantitative estimate of drug-likeness (QED) is 0.495. The number of methoxy groups -OCH3 is 1. The Hall–Kier alpha value is -4.86. The summed E-state index contributed by atoms with van der Waals surface area (Å²) >= 11 is 0. The first kappa shape index (κ1) is 25.2. The summed E-state index contributed by atoms with van der Waals surface area (Å²) in [5, 5.41) is 25.7. The van der Waals surface area contributed by atoms with E-state index in [1.165, 1.54) is 31.2 Å². The molecule has 1 atom stereocenters. The Morgan fingerprint density at radius 1 is 1.24 bits per heavy atom. The summed E-state index contributed by atoms with van der Waals surface area (Å²) in [7, 11) is 1.16. The lowest BCUT2D eigenvalue weighted by Gasteiger charge is -2.35. The molecule has 1 aliphatic rings. The number of alkyl halides is 3. The van der Waals surface area contributed by atoms with Gasteiger partial charge in [0.05, 0.1) is 36.3 Å². The lowest BCUT2D eigenvalue weighted by molar-refractivity contribution is -0.140. The number of nitrogens with one attached hydrogen (secondary N) is 1. The first-order valence-corrected chi connectivity index (χ1v) is 10.7. The molecular formula is C24H18F3N5O5. The van der Waals surface area contributed by atoms with E-state index in [0.717, 1.165) is 34.8 Å². The van der Waals surface area contributed by atoms with Crippen LogP contribution in [0.1, 0.15) is 35.2 Å². The minimum absolute atomic E-state index is 0.00305. The van der Waals surface area contributed by atoms with Crippen LogP contribution in [0.3, 0.4) is 0 Å². The molecule has 1 aromatic heterocycles. The normalized spacial score (nSPS) is 15.2. The maximum absolute atomic E-state index is 13.4. The highest BCUT2D eigenvalue weighted by atomic mass is 19.4. The fraction of sp³-hybridized carbons (Fsp3) is 0.208. The molecule has 37 heavy (non-hydrogen) atoms. The van der Waals surface area contributed by atoms with E-state index in [9.17, 15) is 37.9 Å². The van der Waals surface area contributed by atoms with Crippen molar-refractivity contribution in [1.82, 2.24) is 14.8 Å². The number of ether oxygens (including phenoxy) is 1. The number of rotatable bonds is 5. The number of aromatic nitrogens is 3. The summed E-state index contributed by atoms with van der Waals surface area (Å²) < 4.78 is 45.9. The molecule has 0 saturated carbocycles. The summed E-state index contributed by atoms with van der Waals surface area (Å²) in [5.41, 5.74) is -1.62. The van der Waals surface area contributed by atoms with Crippen molar-refractivity contribution in [2.75, 3.05) is 12.0 Å². The molecule has 0 radical (unpaired) electrons. The van der Waals surface area contributed by atoms with Crippen LogP contribution >= 0.6 is 0 Å². The SMILES string of the molecule is COC(=O)Cc1cc(C#N)ccc1[C@@H]1C(C(=O)O)=C(C)N(c2cccc(C(F)(F)F)c2)c2n[nH]c(=O)n21. The van der Waals surface area contributed by atoms with Gasteiger partial charge in [0.15, 0.2) is 0 Å². The Balaban J connectivity index is 2.01. The zero-order chi connectivity index (χ0) is 27.1. The predicted molar refractivity (Wildman–Crippen MR) is 122 cm³/mol. The second-order valence-electron chi connectivity index (χ2n) is 8.07. The number of H-pyrrole nitrogens is 1. The summed E-state index contributed by atoms with van der Waals surface area (Å²) in [5.74, 6) is -2.29. The molecule has 4 rings (SSSR count). The zero-order valence-electron chi connectivity index (χ0n) is 19.3. The van der Waals surface area contributed by atoms with Gasteiger partial charge in [0.1, 0.15) is 6.04 Å². The van der Waals surface area contributed by atoms with Gasteiger partial charge < -0.3 is 9.84 Å². The molecule has 0 spiro atoms. The van der Waals surface area contributed by atoms with Crippen LogP contribution in [-0.2, 0) is 26.9 Å². The van der Waals surface area contributed by atoms with Crippen molar-refractivity contribution in [3.63, 3.8) is 0 Å². The number of nitriles is 1. The Bertz CT molecular complexity index is 1550. The number of aromatic amines is 1. The summed E-state index contributed by atoms with van der Waals surface area (Å²) in [6.45, 7) is 1.38. The molecule has 13 heteroatoms. The molecule has 2 heterocycles. The molecule has 3 aromatic rings. The average molecular weight is 513 g/mol. The number of carbonyl (C=O) groups excluding carboxylic acids is 1. The number of hydrogen-bond donors (Lipinski definition) is 2. The van der Waals surface area contributed by atoms with Crippen LogP contribution in [0.4, 0.5) is 24.8 Å². The molecular weight excluding hydrogens is 495 g/mol.